The summed E-state index contributed by atoms with van der Waals surface area (Å²) in [5, 5.41) is 6.09. The van der Waals surface area contributed by atoms with E-state index >= 15 is 0 Å². The van der Waals surface area contributed by atoms with Crippen molar-refractivity contribution in [3.05, 3.63) is 46.1 Å². The average Bonchev–Trinajstić information content (AvgIpc) is 2.70. The van der Waals surface area contributed by atoms with E-state index in [1.807, 2.05) is 12.1 Å². The zero-order valence-electron chi connectivity index (χ0n) is 9.50. The van der Waals surface area contributed by atoms with Gasteiger partial charge in [-0.1, -0.05) is 23.7 Å². The van der Waals surface area contributed by atoms with Crippen LogP contribution >= 0.6 is 11.6 Å². The lowest BCUT2D eigenvalue weighted by Gasteiger charge is -2.23. The highest BCUT2D eigenvalue weighted by Gasteiger charge is 2.36. The number of hydrogen-bond acceptors (Lipinski definition) is 2. The molecule has 0 bridgehead atoms. The highest BCUT2D eigenvalue weighted by atomic mass is 35.5. The van der Waals surface area contributed by atoms with E-state index in [0.717, 1.165) is 5.56 Å². The van der Waals surface area contributed by atoms with Crippen LogP contribution in [0.2, 0.25) is 5.02 Å². The highest BCUT2D eigenvalue weighted by molar-refractivity contribution is 6.30. The topological polar surface area (TPSA) is 58.2 Å². The van der Waals surface area contributed by atoms with Crippen molar-refractivity contribution in [2.45, 2.75) is 12.3 Å². The number of rotatable bonds is 1. The summed E-state index contributed by atoms with van der Waals surface area (Å²) in [5.74, 6) is -0.361. The third-order valence-corrected chi connectivity index (χ3v) is 3.51. The number of benzene rings is 1. The van der Waals surface area contributed by atoms with Crippen molar-refractivity contribution in [2.24, 2.45) is 0 Å². The van der Waals surface area contributed by atoms with Gasteiger partial charge in [-0.15, -0.1) is 0 Å². The zero-order chi connectivity index (χ0) is 12.7. The molecule has 1 aromatic carbocycles. The summed E-state index contributed by atoms with van der Waals surface area (Å²) in [5.41, 5.74) is 2.26. The first-order chi connectivity index (χ1) is 8.65. The van der Waals surface area contributed by atoms with Crippen molar-refractivity contribution >= 4 is 23.4 Å². The molecule has 2 heterocycles. The van der Waals surface area contributed by atoms with E-state index in [-0.39, 0.29) is 24.2 Å². The number of halogens is 1. The van der Waals surface area contributed by atoms with Crippen LogP contribution in [-0.2, 0) is 9.59 Å². The van der Waals surface area contributed by atoms with Gasteiger partial charge in [-0.3, -0.25) is 9.59 Å². The number of carbonyl (C=O) groups excluding carboxylic acids is 2. The largest absolute Gasteiger partial charge is 0.347 e. The fraction of sp³-hybridized carbons (Fsp3) is 0.231. The fourth-order valence-corrected chi connectivity index (χ4v) is 2.69. The zero-order valence-corrected chi connectivity index (χ0v) is 10.3. The van der Waals surface area contributed by atoms with Gasteiger partial charge < -0.3 is 10.6 Å². The molecule has 2 aliphatic rings. The van der Waals surface area contributed by atoms with E-state index in [0.29, 0.717) is 22.8 Å². The van der Waals surface area contributed by atoms with Crippen molar-refractivity contribution in [3.8, 4) is 0 Å². The minimum Gasteiger partial charge on any atom is -0.347 e. The summed E-state index contributed by atoms with van der Waals surface area (Å²) in [6.07, 6.45) is 0.284. The van der Waals surface area contributed by atoms with E-state index in [2.05, 4.69) is 10.6 Å². The quantitative estimate of drug-likeness (QED) is 0.802. The molecule has 92 valence electrons. The molecule has 0 aliphatic carbocycles. The van der Waals surface area contributed by atoms with Crippen molar-refractivity contribution in [1.82, 2.24) is 10.6 Å². The van der Waals surface area contributed by atoms with Gasteiger partial charge in [0.2, 0.25) is 11.8 Å². The SMILES string of the molecule is O=C1CC(c2cccc(Cl)c2)C2=C(CNC2=O)N1. The Bertz CT molecular complexity index is 580. The van der Waals surface area contributed by atoms with E-state index in [1.54, 1.807) is 12.1 Å². The van der Waals surface area contributed by atoms with Crippen LogP contribution in [0.5, 0.6) is 0 Å². The predicted octanol–water partition coefficient (Wildman–Crippen LogP) is 1.33. The van der Waals surface area contributed by atoms with E-state index in [1.165, 1.54) is 0 Å². The first kappa shape index (κ1) is 11.3. The van der Waals surface area contributed by atoms with Crippen molar-refractivity contribution in [3.63, 3.8) is 0 Å². The number of carbonyl (C=O) groups is 2. The van der Waals surface area contributed by atoms with Gasteiger partial charge in [0.05, 0.1) is 6.54 Å². The van der Waals surface area contributed by atoms with E-state index in [9.17, 15) is 9.59 Å². The third-order valence-electron chi connectivity index (χ3n) is 3.27. The van der Waals surface area contributed by atoms with Gasteiger partial charge in [-0.25, -0.2) is 0 Å². The van der Waals surface area contributed by atoms with Crippen LogP contribution in [0.3, 0.4) is 0 Å². The molecule has 2 N–H and O–H groups in total. The number of amides is 2. The van der Waals surface area contributed by atoms with Gasteiger partial charge in [0.25, 0.3) is 0 Å². The molecule has 5 heteroatoms. The first-order valence-corrected chi connectivity index (χ1v) is 6.09. The molecular weight excluding hydrogens is 252 g/mol. The molecule has 1 atom stereocenters. The van der Waals surface area contributed by atoms with Crippen LogP contribution in [0.25, 0.3) is 0 Å². The Labute approximate surface area is 109 Å². The molecule has 0 saturated heterocycles. The van der Waals surface area contributed by atoms with Crippen molar-refractivity contribution in [2.75, 3.05) is 6.54 Å². The van der Waals surface area contributed by atoms with Crippen LogP contribution in [-0.4, -0.2) is 18.4 Å². The molecule has 0 saturated carbocycles. The summed E-state index contributed by atoms with van der Waals surface area (Å²) < 4.78 is 0. The van der Waals surface area contributed by atoms with Crippen LogP contribution < -0.4 is 10.6 Å². The maximum atomic E-state index is 11.8. The van der Waals surface area contributed by atoms with Crippen LogP contribution in [0.15, 0.2) is 35.5 Å². The minimum absolute atomic E-state index is 0.0600. The van der Waals surface area contributed by atoms with Gasteiger partial charge in [0, 0.05) is 28.6 Å². The van der Waals surface area contributed by atoms with Gasteiger partial charge in [-0.2, -0.15) is 0 Å². The molecular formula is C13H11ClN2O2. The molecule has 0 radical (unpaired) electrons. The molecule has 1 aromatic rings. The highest BCUT2D eigenvalue weighted by Crippen LogP contribution is 2.35. The molecule has 0 spiro atoms. The monoisotopic (exact) mass is 262 g/mol. The minimum atomic E-state index is -0.199. The molecule has 1 unspecified atom stereocenters. The Morgan fingerprint density at radius 2 is 2.11 bits per heavy atom. The molecule has 2 aliphatic heterocycles. The molecule has 4 nitrogen and oxygen atoms in total. The Morgan fingerprint density at radius 1 is 1.28 bits per heavy atom. The Balaban J connectivity index is 2.07. The summed E-state index contributed by atoms with van der Waals surface area (Å²) in [4.78, 5) is 23.5. The molecule has 18 heavy (non-hydrogen) atoms. The lowest BCUT2D eigenvalue weighted by molar-refractivity contribution is -0.121. The summed E-state index contributed by atoms with van der Waals surface area (Å²) in [6.45, 7) is 0.400. The third kappa shape index (κ3) is 1.78. The first-order valence-electron chi connectivity index (χ1n) is 5.71. The normalized spacial score (nSPS) is 22.6. The molecule has 0 aromatic heterocycles. The Kier molecular flexibility index (Phi) is 2.59. The van der Waals surface area contributed by atoms with Crippen LogP contribution in [0, 0.1) is 0 Å². The second-order valence-corrected chi connectivity index (χ2v) is 4.87. The fourth-order valence-electron chi connectivity index (χ4n) is 2.49. The maximum Gasteiger partial charge on any atom is 0.249 e. The molecule has 3 rings (SSSR count). The Hall–Kier alpha value is -1.81. The molecule has 2 amide bonds. The van der Waals surface area contributed by atoms with Crippen LogP contribution in [0.4, 0.5) is 0 Å². The lowest BCUT2D eigenvalue weighted by Crippen LogP contribution is -2.32. The number of hydrogen-bond donors (Lipinski definition) is 2. The van der Waals surface area contributed by atoms with E-state index in [4.69, 9.17) is 11.6 Å². The second kappa shape index (κ2) is 4.14. The van der Waals surface area contributed by atoms with Gasteiger partial charge in [0.1, 0.15) is 0 Å². The Morgan fingerprint density at radius 3 is 2.89 bits per heavy atom. The standard InChI is InChI=1S/C13H11ClN2O2/c14-8-3-1-2-7(4-8)9-5-11(17)16-10-6-15-13(18)12(9)10/h1-4,9H,5-6H2,(H,15,18)(H,16,17). The van der Waals surface area contributed by atoms with Gasteiger partial charge >= 0.3 is 0 Å². The predicted molar refractivity (Wildman–Crippen MR) is 67.0 cm³/mol. The van der Waals surface area contributed by atoms with Crippen LogP contribution in [0.1, 0.15) is 17.9 Å². The van der Waals surface area contributed by atoms with Gasteiger partial charge in [-0.05, 0) is 17.7 Å². The van der Waals surface area contributed by atoms with Gasteiger partial charge in [0.15, 0.2) is 0 Å². The van der Waals surface area contributed by atoms with Crippen molar-refractivity contribution < 1.29 is 9.59 Å². The maximum absolute atomic E-state index is 11.8. The lowest BCUT2D eigenvalue weighted by atomic mass is 9.85. The second-order valence-electron chi connectivity index (χ2n) is 4.43. The summed E-state index contributed by atoms with van der Waals surface area (Å²) in [7, 11) is 0. The average molecular weight is 263 g/mol. The number of nitrogens with one attached hydrogen (secondary N) is 2. The summed E-state index contributed by atoms with van der Waals surface area (Å²) >= 11 is 5.96. The molecule has 0 fully saturated rings. The van der Waals surface area contributed by atoms with E-state index < -0.39 is 0 Å². The van der Waals surface area contributed by atoms with Crippen molar-refractivity contribution in [1.29, 1.82) is 0 Å². The smallest absolute Gasteiger partial charge is 0.249 e. The summed E-state index contributed by atoms with van der Waals surface area (Å²) in [6, 6.07) is 7.31.